The van der Waals surface area contributed by atoms with Crippen LogP contribution in [-0.2, 0) is 0 Å². The van der Waals surface area contributed by atoms with Crippen molar-refractivity contribution in [2.75, 3.05) is 11.9 Å². The number of aryl methyl sites for hydroxylation is 1. The maximum atomic E-state index is 4.51. The molecule has 1 aliphatic heterocycles. The van der Waals surface area contributed by atoms with E-state index in [1.165, 1.54) is 42.6 Å². The van der Waals surface area contributed by atoms with Crippen molar-refractivity contribution in [1.82, 2.24) is 10.3 Å². The molecular weight excluding hydrogens is 266 g/mol. The van der Waals surface area contributed by atoms with Gasteiger partial charge in [-0.05, 0) is 57.9 Å². The van der Waals surface area contributed by atoms with Crippen molar-refractivity contribution in [3.8, 4) is 0 Å². The molecule has 0 radical (unpaired) electrons. The SMILES string of the molecule is Cc1nc2ccc(NC(C)CC3CCCCN3)cc2s1. The highest BCUT2D eigenvalue weighted by Crippen LogP contribution is 2.25. The van der Waals surface area contributed by atoms with Crippen LogP contribution in [0.1, 0.15) is 37.6 Å². The van der Waals surface area contributed by atoms with Crippen LogP contribution in [-0.4, -0.2) is 23.6 Å². The van der Waals surface area contributed by atoms with Gasteiger partial charge in [0.15, 0.2) is 0 Å². The molecule has 108 valence electrons. The Labute approximate surface area is 124 Å². The van der Waals surface area contributed by atoms with E-state index in [1.54, 1.807) is 11.3 Å². The molecule has 2 aromatic rings. The number of anilines is 1. The second kappa shape index (κ2) is 6.10. The maximum Gasteiger partial charge on any atom is 0.0907 e. The zero-order valence-corrected chi connectivity index (χ0v) is 13.1. The summed E-state index contributed by atoms with van der Waals surface area (Å²) in [6.07, 6.45) is 5.22. The molecule has 0 spiro atoms. The number of hydrogen-bond donors (Lipinski definition) is 2. The van der Waals surface area contributed by atoms with Crippen molar-refractivity contribution in [3.05, 3.63) is 23.2 Å². The zero-order valence-electron chi connectivity index (χ0n) is 12.3. The number of nitrogens with zero attached hydrogens (tertiary/aromatic N) is 1. The molecule has 0 bridgehead atoms. The predicted molar refractivity (Wildman–Crippen MR) is 87.7 cm³/mol. The molecule has 1 aliphatic rings. The zero-order chi connectivity index (χ0) is 13.9. The fraction of sp³-hybridized carbons (Fsp3) is 0.562. The lowest BCUT2D eigenvalue weighted by Gasteiger charge is -2.27. The third-order valence-electron chi connectivity index (χ3n) is 3.96. The maximum absolute atomic E-state index is 4.51. The average molecular weight is 289 g/mol. The lowest BCUT2D eigenvalue weighted by molar-refractivity contribution is 0.371. The topological polar surface area (TPSA) is 37.0 Å². The van der Waals surface area contributed by atoms with Gasteiger partial charge in [0.05, 0.1) is 15.2 Å². The Balaban J connectivity index is 1.62. The van der Waals surface area contributed by atoms with E-state index >= 15 is 0 Å². The molecule has 1 fully saturated rings. The third kappa shape index (κ3) is 3.30. The van der Waals surface area contributed by atoms with Crippen LogP contribution < -0.4 is 10.6 Å². The van der Waals surface area contributed by atoms with Gasteiger partial charge in [0.1, 0.15) is 0 Å². The Hall–Kier alpha value is -1.13. The molecule has 1 aromatic heterocycles. The molecule has 1 aromatic carbocycles. The quantitative estimate of drug-likeness (QED) is 0.895. The molecule has 2 atom stereocenters. The van der Waals surface area contributed by atoms with Gasteiger partial charge in [0.2, 0.25) is 0 Å². The number of piperidine rings is 1. The van der Waals surface area contributed by atoms with Gasteiger partial charge in [-0.15, -0.1) is 11.3 Å². The van der Waals surface area contributed by atoms with E-state index < -0.39 is 0 Å². The number of aromatic nitrogens is 1. The normalized spacial score (nSPS) is 21.0. The first kappa shape index (κ1) is 13.8. The first-order valence-corrected chi connectivity index (χ1v) is 8.39. The molecule has 1 saturated heterocycles. The average Bonchev–Trinajstić information content (AvgIpc) is 2.79. The molecule has 2 heterocycles. The van der Waals surface area contributed by atoms with E-state index in [1.807, 2.05) is 0 Å². The molecule has 2 unspecified atom stereocenters. The summed E-state index contributed by atoms with van der Waals surface area (Å²) < 4.78 is 1.27. The summed E-state index contributed by atoms with van der Waals surface area (Å²) in [7, 11) is 0. The second-order valence-corrected chi connectivity index (χ2v) is 7.08. The van der Waals surface area contributed by atoms with Crippen molar-refractivity contribution < 1.29 is 0 Å². The number of rotatable bonds is 4. The van der Waals surface area contributed by atoms with Crippen molar-refractivity contribution in [2.45, 2.75) is 51.6 Å². The highest BCUT2D eigenvalue weighted by Gasteiger charge is 2.15. The van der Waals surface area contributed by atoms with Crippen molar-refractivity contribution >= 4 is 27.2 Å². The van der Waals surface area contributed by atoms with Crippen molar-refractivity contribution in [3.63, 3.8) is 0 Å². The summed E-state index contributed by atoms with van der Waals surface area (Å²) in [5.74, 6) is 0. The van der Waals surface area contributed by atoms with Crippen LogP contribution in [0, 0.1) is 6.92 Å². The molecule has 0 saturated carbocycles. The monoisotopic (exact) mass is 289 g/mol. The molecule has 2 N–H and O–H groups in total. The number of thiazole rings is 1. The molecule has 20 heavy (non-hydrogen) atoms. The molecular formula is C16H23N3S. The number of hydrogen-bond acceptors (Lipinski definition) is 4. The number of fused-ring (bicyclic) bond motifs is 1. The Bertz CT molecular complexity index is 572. The second-order valence-electron chi connectivity index (χ2n) is 5.84. The van der Waals surface area contributed by atoms with Gasteiger partial charge in [0.25, 0.3) is 0 Å². The highest BCUT2D eigenvalue weighted by atomic mass is 32.1. The van der Waals surface area contributed by atoms with Gasteiger partial charge in [0, 0.05) is 17.8 Å². The van der Waals surface area contributed by atoms with E-state index in [9.17, 15) is 0 Å². The molecule has 3 nitrogen and oxygen atoms in total. The highest BCUT2D eigenvalue weighted by molar-refractivity contribution is 7.18. The van der Waals surface area contributed by atoms with Gasteiger partial charge >= 0.3 is 0 Å². The van der Waals surface area contributed by atoms with E-state index in [0.29, 0.717) is 12.1 Å². The van der Waals surface area contributed by atoms with Crippen molar-refractivity contribution in [1.29, 1.82) is 0 Å². The van der Waals surface area contributed by atoms with Crippen LogP contribution in [0.4, 0.5) is 5.69 Å². The fourth-order valence-electron chi connectivity index (χ4n) is 3.02. The summed E-state index contributed by atoms with van der Waals surface area (Å²) in [5.41, 5.74) is 2.32. The molecule has 3 rings (SSSR count). The largest absolute Gasteiger partial charge is 0.382 e. The first-order valence-electron chi connectivity index (χ1n) is 7.58. The van der Waals surface area contributed by atoms with Gasteiger partial charge in [-0.25, -0.2) is 4.98 Å². The van der Waals surface area contributed by atoms with Gasteiger partial charge < -0.3 is 10.6 Å². The smallest absolute Gasteiger partial charge is 0.0907 e. The summed E-state index contributed by atoms with van der Waals surface area (Å²) in [5, 5.41) is 8.39. The lowest BCUT2D eigenvalue weighted by atomic mass is 9.99. The fourth-order valence-corrected chi connectivity index (χ4v) is 3.89. The molecule has 0 aliphatic carbocycles. The van der Waals surface area contributed by atoms with Crippen LogP contribution in [0.3, 0.4) is 0 Å². The summed E-state index contributed by atoms with van der Waals surface area (Å²) in [6, 6.07) is 7.67. The van der Waals surface area contributed by atoms with Crippen molar-refractivity contribution in [2.24, 2.45) is 0 Å². The van der Waals surface area contributed by atoms with Crippen LogP contribution in [0.2, 0.25) is 0 Å². The summed E-state index contributed by atoms with van der Waals surface area (Å²) in [6.45, 7) is 5.52. The predicted octanol–water partition coefficient (Wildman–Crippen LogP) is 3.94. The van der Waals surface area contributed by atoms with Gasteiger partial charge in [-0.2, -0.15) is 0 Å². The number of benzene rings is 1. The Kier molecular flexibility index (Phi) is 4.22. The minimum absolute atomic E-state index is 0.497. The van der Waals surface area contributed by atoms with Crippen LogP contribution in [0.25, 0.3) is 10.2 Å². The van der Waals surface area contributed by atoms with Crippen LogP contribution in [0.15, 0.2) is 18.2 Å². The Morgan fingerprint density at radius 2 is 2.35 bits per heavy atom. The standard InChI is InChI=1S/C16H23N3S/c1-11(9-13-5-3-4-8-17-13)18-14-6-7-15-16(10-14)20-12(2)19-15/h6-7,10-11,13,17-18H,3-5,8-9H2,1-2H3. The number of nitrogens with one attached hydrogen (secondary N) is 2. The first-order chi connectivity index (χ1) is 9.70. The van der Waals surface area contributed by atoms with Crippen LogP contribution in [0.5, 0.6) is 0 Å². The minimum atomic E-state index is 0.497. The lowest BCUT2D eigenvalue weighted by Crippen LogP contribution is -2.37. The van der Waals surface area contributed by atoms with E-state index in [0.717, 1.165) is 10.5 Å². The summed E-state index contributed by atoms with van der Waals surface area (Å²) in [4.78, 5) is 4.51. The van der Waals surface area contributed by atoms with Gasteiger partial charge in [-0.1, -0.05) is 6.42 Å². The molecule has 0 amide bonds. The van der Waals surface area contributed by atoms with E-state index in [2.05, 4.69) is 47.7 Å². The Morgan fingerprint density at radius 1 is 1.45 bits per heavy atom. The third-order valence-corrected chi connectivity index (χ3v) is 4.89. The Morgan fingerprint density at radius 3 is 3.15 bits per heavy atom. The van der Waals surface area contributed by atoms with E-state index in [-0.39, 0.29) is 0 Å². The van der Waals surface area contributed by atoms with Crippen LogP contribution >= 0.6 is 11.3 Å². The molecule has 4 heteroatoms. The van der Waals surface area contributed by atoms with Gasteiger partial charge in [-0.3, -0.25) is 0 Å². The minimum Gasteiger partial charge on any atom is -0.382 e. The summed E-state index contributed by atoms with van der Waals surface area (Å²) >= 11 is 1.77. The van der Waals surface area contributed by atoms with E-state index in [4.69, 9.17) is 0 Å².